The van der Waals surface area contributed by atoms with Gasteiger partial charge in [0.25, 0.3) is 6.43 Å². The van der Waals surface area contributed by atoms with Crippen LogP contribution in [0.5, 0.6) is 0 Å². The SMILES string of the molecule is NC(=O)[C@H](c1ccc(Cl)cc1)C(F)F. The largest absolute Gasteiger partial charge is 0.369 e. The highest BCUT2D eigenvalue weighted by Crippen LogP contribution is 2.24. The molecule has 0 radical (unpaired) electrons. The maximum Gasteiger partial charge on any atom is 0.254 e. The smallest absolute Gasteiger partial charge is 0.254 e. The van der Waals surface area contributed by atoms with E-state index in [1.165, 1.54) is 24.3 Å². The molecule has 0 bridgehead atoms. The van der Waals surface area contributed by atoms with Crippen molar-refractivity contribution in [2.75, 3.05) is 0 Å². The summed E-state index contributed by atoms with van der Waals surface area (Å²) in [6.07, 6.45) is -2.80. The Hall–Kier alpha value is -1.16. The minimum atomic E-state index is -2.80. The van der Waals surface area contributed by atoms with Crippen molar-refractivity contribution in [3.8, 4) is 0 Å². The first-order valence-corrected chi connectivity index (χ1v) is 4.23. The summed E-state index contributed by atoms with van der Waals surface area (Å²) in [5.41, 5.74) is 5.03. The predicted molar refractivity (Wildman–Crippen MR) is 49.4 cm³/mol. The first kappa shape index (κ1) is 10.9. The fourth-order valence-corrected chi connectivity index (χ4v) is 1.23. The molecule has 2 nitrogen and oxygen atoms in total. The number of carbonyl (C=O) groups is 1. The summed E-state index contributed by atoms with van der Waals surface area (Å²) in [5, 5.41) is 0.422. The van der Waals surface area contributed by atoms with Crippen LogP contribution in [0.2, 0.25) is 5.02 Å². The molecular weight excluding hydrogens is 212 g/mol. The number of rotatable bonds is 3. The van der Waals surface area contributed by atoms with Crippen molar-refractivity contribution >= 4 is 17.5 Å². The molecule has 0 aliphatic rings. The van der Waals surface area contributed by atoms with E-state index in [2.05, 4.69) is 0 Å². The van der Waals surface area contributed by atoms with E-state index in [1.807, 2.05) is 0 Å². The fourth-order valence-electron chi connectivity index (χ4n) is 1.10. The third kappa shape index (κ3) is 2.42. The highest BCUT2D eigenvalue weighted by Gasteiger charge is 2.27. The molecule has 0 aliphatic carbocycles. The maximum atomic E-state index is 12.4. The summed E-state index contributed by atoms with van der Waals surface area (Å²) in [6.45, 7) is 0. The summed E-state index contributed by atoms with van der Waals surface area (Å²) >= 11 is 5.57. The van der Waals surface area contributed by atoms with Gasteiger partial charge in [0.05, 0.1) is 0 Å². The Morgan fingerprint density at radius 1 is 1.29 bits per heavy atom. The summed E-state index contributed by atoms with van der Waals surface area (Å²) in [6, 6.07) is 5.61. The number of nitrogens with two attached hydrogens (primary N) is 1. The zero-order valence-corrected chi connectivity index (χ0v) is 7.84. The molecule has 0 unspecified atom stereocenters. The second kappa shape index (κ2) is 4.37. The van der Waals surface area contributed by atoms with Gasteiger partial charge < -0.3 is 5.73 Å². The van der Waals surface area contributed by atoms with Crippen molar-refractivity contribution < 1.29 is 13.6 Å². The first-order chi connectivity index (χ1) is 6.52. The Labute approximate surface area is 84.7 Å². The molecule has 14 heavy (non-hydrogen) atoms. The lowest BCUT2D eigenvalue weighted by Crippen LogP contribution is -2.26. The Bertz CT molecular complexity index is 326. The van der Waals surface area contributed by atoms with Gasteiger partial charge in [-0.25, -0.2) is 8.78 Å². The quantitative estimate of drug-likeness (QED) is 0.832. The third-order valence-corrected chi connectivity index (χ3v) is 2.04. The van der Waals surface area contributed by atoms with E-state index in [-0.39, 0.29) is 5.56 Å². The molecule has 76 valence electrons. The molecule has 0 aliphatic heterocycles. The average molecular weight is 220 g/mol. The molecule has 2 N–H and O–H groups in total. The lowest BCUT2D eigenvalue weighted by molar-refractivity contribution is -0.122. The van der Waals surface area contributed by atoms with Crippen LogP contribution in [0, 0.1) is 0 Å². The average Bonchev–Trinajstić information content (AvgIpc) is 2.07. The topological polar surface area (TPSA) is 43.1 Å². The lowest BCUT2D eigenvalue weighted by Gasteiger charge is -2.12. The van der Waals surface area contributed by atoms with Gasteiger partial charge in [0, 0.05) is 5.02 Å². The number of amides is 1. The van der Waals surface area contributed by atoms with Gasteiger partial charge in [-0.15, -0.1) is 0 Å². The monoisotopic (exact) mass is 219 g/mol. The van der Waals surface area contributed by atoms with Gasteiger partial charge in [-0.2, -0.15) is 0 Å². The first-order valence-electron chi connectivity index (χ1n) is 3.85. The number of hydrogen-bond donors (Lipinski definition) is 1. The lowest BCUT2D eigenvalue weighted by atomic mass is 9.99. The number of alkyl halides is 2. The van der Waals surface area contributed by atoms with Gasteiger partial charge in [0.15, 0.2) is 0 Å². The Balaban J connectivity index is 3.00. The van der Waals surface area contributed by atoms with E-state index < -0.39 is 18.3 Å². The molecule has 0 fully saturated rings. The summed E-state index contributed by atoms with van der Waals surface area (Å²) in [4.78, 5) is 10.7. The summed E-state index contributed by atoms with van der Waals surface area (Å²) in [7, 11) is 0. The molecule has 1 aromatic carbocycles. The van der Waals surface area contributed by atoms with Gasteiger partial charge >= 0.3 is 0 Å². The number of primary amides is 1. The van der Waals surface area contributed by atoms with Crippen LogP contribution in [0.1, 0.15) is 11.5 Å². The van der Waals surface area contributed by atoms with Crippen molar-refractivity contribution in [3.05, 3.63) is 34.9 Å². The molecule has 0 aromatic heterocycles. The Morgan fingerprint density at radius 3 is 2.14 bits per heavy atom. The van der Waals surface area contributed by atoms with Crippen LogP contribution in [0.25, 0.3) is 0 Å². The summed E-state index contributed by atoms with van der Waals surface area (Å²) in [5.74, 6) is -2.60. The molecule has 1 aromatic rings. The highest BCUT2D eigenvalue weighted by atomic mass is 35.5. The Morgan fingerprint density at radius 2 is 1.79 bits per heavy atom. The van der Waals surface area contributed by atoms with Crippen LogP contribution in [0.15, 0.2) is 24.3 Å². The molecule has 1 rings (SSSR count). The van der Waals surface area contributed by atoms with Crippen molar-refractivity contribution in [2.45, 2.75) is 12.3 Å². The molecule has 1 atom stereocenters. The van der Waals surface area contributed by atoms with Gasteiger partial charge in [-0.3, -0.25) is 4.79 Å². The third-order valence-electron chi connectivity index (χ3n) is 1.79. The molecule has 0 saturated carbocycles. The van der Waals surface area contributed by atoms with Crippen LogP contribution in [0.4, 0.5) is 8.78 Å². The zero-order chi connectivity index (χ0) is 10.7. The molecule has 0 heterocycles. The van der Waals surface area contributed by atoms with Crippen molar-refractivity contribution in [2.24, 2.45) is 5.73 Å². The predicted octanol–water partition coefficient (Wildman–Crippen LogP) is 2.17. The number of carbonyl (C=O) groups excluding carboxylic acids is 1. The molecule has 0 spiro atoms. The number of hydrogen-bond acceptors (Lipinski definition) is 1. The van der Waals surface area contributed by atoms with Crippen LogP contribution in [-0.2, 0) is 4.79 Å². The van der Waals surface area contributed by atoms with Crippen LogP contribution >= 0.6 is 11.6 Å². The van der Waals surface area contributed by atoms with Crippen LogP contribution in [0.3, 0.4) is 0 Å². The van der Waals surface area contributed by atoms with E-state index in [0.29, 0.717) is 5.02 Å². The standard InChI is InChI=1S/C9H8ClF2NO/c10-6-3-1-5(2-4-6)7(8(11)12)9(13)14/h1-4,7-8H,(H2,13,14)/t7-/m1/s1. The second-order valence-electron chi connectivity index (χ2n) is 2.77. The normalized spacial score (nSPS) is 12.9. The highest BCUT2D eigenvalue weighted by molar-refractivity contribution is 6.30. The fraction of sp³-hybridized carbons (Fsp3) is 0.222. The van der Waals surface area contributed by atoms with E-state index in [9.17, 15) is 13.6 Å². The van der Waals surface area contributed by atoms with E-state index >= 15 is 0 Å². The number of halogens is 3. The molecule has 5 heteroatoms. The van der Waals surface area contributed by atoms with Gasteiger partial charge in [-0.05, 0) is 17.7 Å². The molecule has 1 amide bonds. The van der Waals surface area contributed by atoms with Crippen molar-refractivity contribution in [1.29, 1.82) is 0 Å². The van der Waals surface area contributed by atoms with Gasteiger partial charge in [-0.1, -0.05) is 23.7 Å². The minimum absolute atomic E-state index is 0.178. The summed E-state index contributed by atoms with van der Waals surface area (Å²) < 4.78 is 24.8. The second-order valence-corrected chi connectivity index (χ2v) is 3.20. The van der Waals surface area contributed by atoms with E-state index in [1.54, 1.807) is 0 Å². The van der Waals surface area contributed by atoms with Crippen LogP contribution in [-0.4, -0.2) is 12.3 Å². The number of benzene rings is 1. The zero-order valence-electron chi connectivity index (χ0n) is 7.08. The van der Waals surface area contributed by atoms with E-state index in [0.717, 1.165) is 0 Å². The maximum absolute atomic E-state index is 12.4. The Kier molecular flexibility index (Phi) is 3.41. The van der Waals surface area contributed by atoms with Crippen molar-refractivity contribution in [3.63, 3.8) is 0 Å². The van der Waals surface area contributed by atoms with Crippen LogP contribution < -0.4 is 5.73 Å². The minimum Gasteiger partial charge on any atom is -0.369 e. The van der Waals surface area contributed by atoms with E-state index in [4.69, 9.17) is 17.3 Å². The van der Waals surface area contributed by atoms with Crippen molar-refractivity contribution in [1.82, 2.24) is 0 Å². The molecule has 0 saturated heterocycles. The van der Waals surface area contributed by atoms with Gasteiger partial charge in [0.2, 0.25) is 5.91 Å². The van der Waals surface area contributed by atoms with Gasteiger partial charge in [0.1, 0.15) is 5.92 Å². The molecular formula is C9H8ClF2NO.